The van der Waals surface area contributed by atoms with E-state index in [9.17, 15) is 13.2 Å². The van der Waals surface area contributed by atoms with E-state index in [1.807, 2.05) is 17.9 Å². The number of rotatable bonds is 4. The Morgan fingerprint density at radius 1 is 1.19 bits per heavy atom. The van der Waals surface area contributed by atoms with Crippen LogP contribution >= 0.6 is 0 Å². The number of hydrogen-bond acceptors (Lipinski definition) is 4. The molecule has 136 valence electrons. The zero-order chi connectivity index (χ0) is 18.5. The second kappa shape index (κ2) is 6.02. The molecule has 0 bridgehead atoms. The van der Waals surface area contributed by atoms with Gasteiger partial charge in [-0.2, -0.15) is 0 Å². The van der Waals surface area contributed by atoms with Gasteiger partial charge in [0, 0.05) is 12.2 Å². The van der Waals surface area contributed by atoms with Crippen LogP contribution in [-0.4, -0.2) is 28.0 Å². The fourth-order valence-corrected chi connectivity index (χ4v) is 4.76. The predicted octanol–water partition coefficient (Wildman–Crippen LogP) is 2.89. The average molecular weight is 372 g/mol. The van der Waals surface area contributed by atoms with Crippen LogP contribution in [0.15, 0.2) is 41.3 Å². The number of nitrogens with zero attached hydrogens (tertiary/aromatic N) is 1. The number of benzene rings is 2. The highest BCUT2D eigenvalue weighted by Gasteiger charge is 2.38. The van der Waals surface area contributed by atoms with Crippen LogP contribution in [0.3, 0.4) is 0 Å². The molecule has 6 nitrogen and oxygen atoms in total. The second-order valence-corrected chi connectivity index (χ2v) is 8.35. The van der Waals surface area contributed by atoms with Crippen molar-refractivity contribution in [3.8, 4) is 5.75 Å². The van der Waals surface area contributed by atoms with Crippen molar-refractivity contribution >= 4 is 27.3 Å². The first kappa shape index (κ1) is 16.9. The predicted molar refractivity (Wildman–Crippen MR) is 99.3 cm³/mol. The van der Waals surface area contributed by atoms with Crippen LogP contribution in [0, 0.1) is 0 Å². The molecule has 0 radical (unpaired) electrons. The third kappa shape index (κ3) is 2.63. The largest absolute Gasteiger partial charge is 0.497 e. The van der Waals surface area contributed by atoms with Gasteiger partial charge in [-0.1, -0.05) is 0 Å². The maximum absolute atomic E-state index is 12.7. The van der Waals surface area contributed by atoms with Crippen molar-refractivity contribution in [1.82, 2.24) is 0 Å². The summed E-state index contributed by atoms with van der Waals surface area (Å²) in [5.74, 6) is 0.446. The molecule has 26 heavy (non-hydrogen) atoms. The van der Waals surface area contributed by atoms with Crippen molar-refractivity contribution < 1.29 is 17.9 Å². The number of carbonyl (C=O) groups excluding carboxylic acids is 1. The molecule has 1 N–H and O–H groups in total. The molecule has 0 aromatic heterocycles. The molecule has 1 atom stereocenters. The molecule has 0 aliphatic carbocycles. The van der Waals surface area contributed by atoms with Crippen LogP contribution in [0.1, 0.15) is 30.4 Å². The molecule has 4 rings (SSSR count). The van der Waals surface area contributed by atoms with Gasteiger partial charge in [0.2, 0.25) is 5.91 Å². The highest BCUT2D eigenvalue weighted by Crippen LogP contribution is 2.44. The van der Waals surface area contributed by atoms with Crippen molar-refractivity contribution in [2.45, 2.75) is 30.6 Å². The Labute approximate surface area is 152 Å². The minimum atomic E-state index is -3.71. The molecule has 7 heteroatoms. The van der Waals surface area contributed by atoms with Crippen LogP contribution in [0.4, 0.5) is 11.4 Å². The molecule has 0 saturated heterocycles. The van der Waals surface area contributed by atoms with Crippen LogP contribution in [0.5, 0.6) is 5.75 Å². The minimum Gasteiger partial charge on any atom is -0.497 e. The Morgan fingerprint density at radius 3 is 2.62 bits per heavy atom. The lowest BCUT2D eigenvalue weighted by atomic mass is 9.96. The molecule has 2 aliphatic heterocycles. The summed E-state index contributed by atoms with van der Waals surface area (Å²) in [5, 5.41) is 0. The second-order valence-electron chi connectivity index (χ2n) is 6.67. The Kier molecular flexibility index (Phi) is 3.91. The molecular formula is C19H20N2O4S. The van der Waals surface area contributed by atoms with Gasteiger partial charge in [0.25, 0.3) is 10.0 Å². The molecule has 0 unspecified atom stereocenters. The van der Waals surface area contributed by atoms with E-state index >= 15 is 0 Å². The Bertz CT molecular complexity index is 983. The van der Waals surface area contributed by atoms with E-state index in [-0.39, 0.29) is 16.7 Å². The Morgan fingerprint density at radius 2 is 1.92 bits per heavy atom. The Balaban J connectivity index is 1.70. The molecular weight excluding hydrogens is 352 g/mol. The molecule has 0 fully saturated rings. The number of anilines is 2. The standard InChI is InChI=1S/C19H20N2O4S/c1-12-17-11-14(10-13-4-3-9-21(18(13)17)19(12)22)20-26(23,24)16-7-5-15(25-2)6-8-16/h5-8,10-12,20H,3-4,9H2,1-2H3/t12-/m0/s1. The van der Waals surface area contributed by atoms with E-state index < -0.39 is 10.0 Å². The normalized spacial score (nSPS) is 18.6. The van der Waals surface area contributed by atoms with Gasteiger partial charge in [0.1, 0.15) is 5.75 Å². The fourth-order valence-electron chi connectivity index (χ4n) is 3.72. The van der Waals surface area contributed by atoms with Gasteiger partial charge in [0.15, 0.2) is 0 Å². The zero-order valence-electron chi connectivity index (χ0n) is 14.7. The van der Waals surface area contributed by atoms with Gasteiger partial charge < -0.3 is 9.64 Å². The van der Waals surface area contributed by atoms with Gasteiger partial charge in [-0.05, 0) is 67.3 Å². The van der Waals surface area contributed by atoms with Gasteiger partial charge in [-0.15, -0.1) is 0 Å². The molecule has 1 amide bonds. The average Bonchev–Trinajstić information content (AvgIpc) is 2.88. The SMILES string of the molecule is COc1ccc(S(=O)(=O)Nc2cc3c4c(c2)[C@H](C)C(=O)N4CCC3)cc1. The van der Waals surface area contributed by atoms with Gasteiger partial charge >= 0.3 is 0 Å². The minimum absolute atomic E-state index is 0.0936. The third-order valence-electron chi connectivity index (χ3n) is 5.04. The number of hydrogen-bond donors (Lipinski definition) is 1. The summed E-state index contributed by atoms with van der Waals surface area (Å²) in [6.07, 6.45) is 1.73. The summed E-state index contributed by atoms with van der Waals surface area (Å²) in [7, 11) is -2.18. The van der Waals surface area contributed by atoms with Crippen LogP contribution in [0.25, 0.3) is 0 Å². The zero-order valence-corrected chi connectivity index (χ0v) is 15.5. The first-order chi connectivity index (χ1) is 12.4. The first-order valence-electron chi connectivity index (χ1n) is 8.56. The molecule has 2 aromatic rings. The quantitative estimate of drug-likeness (QED) is 0.895. The highest BCUT2D eigenvalue weighted by atomic mass is 32.2. The fraction of sp³-hybridized carbons (Fsp3) is 0.316. The number of ether oxygens (including phenoxy) is 1. The van der Waals surface area contributed by atoms with Crippen LogP contribution in [-0.2, 0) is 21.2 Å². The van der Waals surface area contributed by atoms with Crippen LogP contribution in [0.2, 0.25) is 0 Å². The highest BCUT2D eigenvalue weighted by molar-refractivity contribution is 7.92. The molecule has 2 aliphatic rings. The monoisotopic (exact) mass is 372 g/mol. The third-order valence-corrected chi connectivity index (χ3v) is 6.44. The summed E-state index contributed by atoms with van der Waals surface area (Å²) in [5.41, 5.74) is 3.40. The molecule has 2 heterocycles. The van der Waals surface area contributed by atoms with E-state index in [4.69, 9.17) is 4.74 Å². The Hall–Kier alpha value is -2.54. The summed E-state index contributed by atoms with van der Waals surface area (Å²) < 4.78 is 33.1. The smallest absolute Gasteiger partial charge is 0.261 e. The number of carbonyl (C=O) groups is 1. The molecule has 0 saturated carbocycles. The van der Waals surface area contributed by atoms with E-state index in [0.29, 0.717) is 11.4 Å². The summed E-state index contributed by atoms with van der Waals surface area (Å²) in [4.78, 5) is 14.4. The number of methoxy groups -OCH3 is 1. The number of nitrogens with one attached hydrogen (secondary N) is 1. The lowest BCUT2D eigenvalue weighted by Gasteiger charge is -2.26. The lowest BCUT2D eigenvalue weighted by Crippen LogP contribution is -2.32. The van der Waals surface area contributed by atoms with Crippen LogP contribution < -0.4 is 14.4 Å². The summed E-state index contributed by atoms with van der Waals surface area (Å²) in [6, 6.07) is 9.86. The van der Waals surface area contributed by atoms with Crippen molar-refractivity contribution in [2.24, 2.45) is 0 Å². The van der Waals surface area contributed by atoms with Gasteiger partial charge in [-0.3, -0.25) is 9.52 Å². The molecule has 0 spiro atoms. The van der Waals surface area contributed by atoms with Crippen molar-refractivity contribution in [3.05, 3.63) is 47.5 Å². The van der Waals surface area contributed by atoms with Gasteiger partial charge in [-0.25, -0.2) is 8.42 Å². The van der Waals surface area contributed by atoms with Gasteiger partial charge in [0.05, 0.1) is 23.6 Å². The number of aryl methyl sites for hydroxylation is 1. The summed E-state index contributed by atoms with van der Waals surface area (Å²) >= 11 is 0. The topological polar surface area (TPSA) is 75.7 Å². The first-order valence-corrected chi connectivity index (χ1v) is 10.0. The van der Waals surface area contributed by atoms with Crippen molar-refractivity contribution in [1.29, 1.82) is 0 Å². The number of sulfonamides is 1. The maximum atomic E-state index is 12.7. The van der Waals surface area contributed by atoms with E-state index in [1.165, 1.54) is 19.2 Å². The van der Waals surface area contributed by atoms with E-state index in [1.54, 1.807) is 18.2 Å². The van der Waals surface area contributed by atoms with Crippen molar-refractivity contribution in [3.63, 3.8) is 0 Å². The van der Waals surface area contributed by atoms with E-state index in [0.717, 1.165) is 36.2 Å². The summed E-state index contributed by atoms with van der Waals surface area (Å²) in [6.45, 7) is 2.61. The maximum Gasteiger partial charge on any atom is 0.261 e. The lowest BCUT2D eigenvalue weighted by molar-refractivity contribution is -0.119. The molecule has 2 aromatic carbocycles. The van der Waals surface area contributed by atoms with E-state index in [2.05, 4.69) is 4.72 Å². The van der Waals surface area contributed by atoms with Crippen molar-refractivity contribution in [2.75, 3.05) is 23.3 Å². The number of amides is 1.